The molecule has 0 spiro atoms. The third kappa shape index (κ3) is 4.06. The lowest BCUT2D eigenvalue weighted by Crippen LogP contribution is -2.17. The van der Waals surface area contributed by atoms with E-state index in [1.807, 2.05) is 24.3 Å². The van der Waals surface area contributed by atoms with E-state index in [1.54, 1.807) is 23.0 Å². The van der Waals surface area contributed by atoms with Crippen molar-refractivity contribution >= 4 is 10.9 Å². The van der Waals surface area contributed by atoms with Gasteiger partial charge in [0, 0.05) is 23.4 Å². The number of benzene rings is 2. The van der Waals surface area contributed by atoms with Gasteiger partial charge in [-0.15, -0.1) is 5.10 Å². The van der Waals surface area contributed by atoms with Crippen molar-refractivity contribution in [3.05, 3.63) is 70.9 Å². The molecule has 8 heteroatoms. The van der Waals surface area contributed by atoms with Gasteiger partial charge in [0.25, 0.3) is 5.56 Å². The molecule has 0 bridgehead atoms. The molecule has 1 aliphatic rings. The van der Waals surface area contributed by atoms with E-state index in [2.05, 4.69) is 27.2 Å². The van der Waals surface area contributed by atoms with Crippen LogP contribution in [0.25, 0.3) is 27.8 Å². The first-order valence-corrected chi connectivity index (χ1v) is 10.2. The summed E-state index contributed by atoms with van der Waals surface area (Å²) < 4.78 is 21.1. The van der Waals surface area contributed by atoms with Crippen molar-refractivity contribution in [2.45, 2.75) is 6.42 Å². The van der Waals surface area contributed by atoms with Gasteiger partial charge >= 0.3 is 0 Å². The molecule has 0 aliphatic carbocycles. The van der Waals surface area contributed by atoms with Crippen LogP contribution in [-0.2, 0) is 0 Å². The summed E-state index contributed by atoms with van der Waals surface area (Å²) in [4.78, 5) is 17.5. The van der Waals surface area contributed by atoms with Crippen molar-refractivity contribution < 1.29 is 9.13 Å². The van der Waals surface area contributed by atoms with Crippen LogP contribution in [0.1, 0.15) is 6.42 Å². The van der Waals surface area contributed by atoms with Crippen LogP contribution in [0.5, 0.6) is 5.75 Å². The molecule has 7 nitrogen and oxygen atoms in total. The van der Waals surface area contributed by atoms with E-state index < -0.39 is 0 Å². The maximum absolute atomic E-state index is 13.6. The highest BCUT2D eigenvalue weighted by Crippen LogP contribution is 2.22. The van der Waals surface area contributed by atoms with Crippen LogP contribution in [0.4, 0.5) is 4.39 Å². The lowest BCUT2D eigenvalue weighted by Gasteiger charge is -2.12. The van der Waals surface area contributed by atoms with Gasteiger partial charge in [-0.1, -0.05) is 5.21 Å². The smallest absolute Gasteiger partial charge is 0.258 e. The second-order valence-electron chi connectivity index (χ2n) is 8.01. The van der Waals surface area contributed by atoms with Gasteiger partial charge in [-0.25, -0.2) is 9.07 Å². The van der Waals surface area contributed by atoms with Gasteiger partial charge < -0.3 is 14.6 Å². The lowest BCUT2D eigenvalue weighted by atomic mass is 10.1. The van der Waals surface area contributed by atoms with Gasteiger partial charge in [0.05, 0.1) is 24.1 Å². The fourth-order valence-electron chi connectivity index (χ4n) is 3.95. The minimum absolute atomic E-state index is 0.299. The predicted octanol–water partition coefficient (Wildman–Crippen LogP) is 3.25. The molecule has 4 aromatic rings. The SMILES string of the molecule is CN1CCC(COc2ccc(-n3cc(-c4cc5cc(F)ccc5[nH]c4=O)nn3)cc2)C1. The number of aromatic nitrogens is 4. The summed E-state index contributed by atoms with van der Waals surface area (Å²) in [5.74, 6) is 1.01. The Bertz CT molecular complexity index is 1280. The highest BCUT2D eigenvalue weighted by atomic mass is 19.1. The zero-order valence-electron chi connectivity index (χ0n) is 17.1. The molecule has 1 saturated heterocycles. The van der Waals surface area contributed by atoms with Crippen molar-refractivity contribution in [2.24, 2.45) is 5.92 Å². The van der Waals surface area contributed by atoms with Gasteiger partial charge in [-0.2, -0.15) is 0 Å². The zero-order valence-corrected chi connectivity index (χ0v) is 17.1. The van der Waals surface area contributed by atoms with E-state index >= 15 is 0 Å². The summed E-state index contributed by atoms with van der Waals surface area (Å²) in [6.45, 7) is 2.90. The number of pyridine rings is 1. The summed E-state index contributed by atoms with van der Waals surface area (Å²) in [6.07, 6.45) is 2.84. The van der Waals surface area contributed by atoms with E-state index in [1.165, 1.54) is 12.1 Å². The first kappa shape index (κ1) is 19.4. The largest absolute Gasteiger partial charge is 0.493 e. The van der Waals surface area contributed by atoms with Crippen molar-refractivity contribution in [3.8, 4) is 22.7 Å². The number of hydrogen-bond acceptors (Lipinski definition) is 5. The summed E-state index contributed by atoms with van der Waals surface area (Å²) >= 11 is 0. The Morgan fingerprint density at radius 3 is 2.81 bits per heavy atom. The van der Waals surface area contributed by atoms with Crippen LogP contribution < -0.4 is 10.3 Å². The number of hydrogen-bond donors (Lipinski definition) is 1. The van der Waals surface area contributed by atoms with Crippen molar-refractivity contribution in [1.82, 2.24) is 24.9 Å². The van der Waals surface area contributed by atoms with Crippen LogP contribution >= 0.6 is 0 Å². The van der Waals surface area contributed by atoms with Gasteiger partial charge in [0.2, 0.25) is 0 Å². The maximum Gasteiger partial charge on any atom is 0.258 e. The molecule has 31 heavy (non-hydrogen) atoms. The van der Waals surface area contributed by atoms with Crippen molar-refractivity contribution in [3.63, 3.8) is 0 Å². The Hall–Kier alpha value is -3.52. The van der Waals surface area contributed by atoms with Crippen molar-refractivity contribution in [1.29, 1.82) is 0 Å². The first-order valence-electron chi connectivity index (χ1n) is 10.2. The molecule has 5 rings (SSSR count). The van der Waals surface area contributed by atoms with E-state index in [9.17, 15) is 9.18 Å². The third-order valence-corrected chi connectivity index (χ3v) is 5.65. The summed E-state index contributed by atoms with van der Waals surface area (Å²) in [6, 6.07) is 13.5. The molecule has 1 unspecified atom stereocenters. The van der Waals surface area contributed by atoms with Gasteiger partial charge in [-0.05, 0) is 68.5 Å². The minimum Gasteiger partial charge on any atom is -0.493 e. The molecule has 0 radical (unpaired) electrons. The summed E-state index contributed by atoms with van der Waals surface area (Å²) in [5, 5.41) is 8.87. The van der Waals surface area contributed by atoms with Crippen LogP contribution in [0, 0.1) is 11.7 Å². The third-order valence-electron chi connectivity index (χ3n) is 5.65. The highest BCUT2D eigenvalue weighted by Gasteiger charge is 2.19. The van der Waals surface area contributed by atoms with E-state index in [-0.39, 0.29) is 11.4 Å². The number of fused-ring (bicyclic) bond motifs is 1. The lowest BCUT2D eigenvalue weighted by molar-refractivity contribution is 0.249. The summed E-state index contributed by atoms with van der Waals surface area (Å²) in [5.41, 5.74) is 1.83. The number of ether oxygens (including phenoxy) is 1. The van der Waals surface area contributed by atoms with Crippen LogP contribution in [0.2, 0.25) is 0 Å². The monoisotopic (exact) mass is 419 g/mol. The molecule has 0 saturated carbocycles. The fraction of sp³-hybridized carbons (Fsp3) is 0.261. The Labute approximate surface area is 178 Å². The number of halogens is 1. The average molecular weight is 419 g/mol. The highest BCUT2D eigenvalue weighted by molar-refractivity contribution is 5.82. The Morgan fingerprint density at radius 2 is 2.03 bits per heavy atom. The summed E-state index contributed by atoms with van der Waals surface area (Å²) in [7, 11) is 2.13. The molecule has 1 N–H and O–H groups in total. The number of nitrogens with one attached hydrogen (secondary N) is 1. The molecule has 2 aromatic heterocycles. The number of H-pyrrole nitrogens is 1. The first-order chi connectivity index (χ1) is 15.0. The van der Waals surface area contributed by atoms with Crippen LogP contribution in [-0.4, -0.2) is 51.6 Å². The van der Waals surface area contributed by atoms with Crippen molar-refractivity contribution in [2.75, 3.05) is 26.7 Å². The normalized spacial score (nSPS) is 16.8. The molecule has 2 aromatic carbocycles. The van der Waals surface area contributed by atoms with Crippen LogP contribution in [0.15, 0.2) is 59.5 Å². The zero-order chi connectivity index (χ0) is 21.4. The quantitative estimate of drug-likeness (QED) is 0.538. The standard InChI is InChI=1S/C23H22FN5O2/c1-28-9-8-15(12-28)14-31-19-5-3-18(4-6-19)29-13-22(26-27-29)20-11-16-10-17(24)2-7-21(16)25-23(20)30/h2-7,10-11,13,15H,8-9,12,14H2,1H3,(H,25,30). The molecular weight excluding hydrogens is 397 g/mol. The second-order valence-corrected chi connectivity index (χ2v) is 8.01. The maximum atomic E-state index is 13.6. The number of nitrogens with zero attached hydrogens (tertiary/aromatic N) is 4. The minimum atomic E-state index is -0.364. The van der Waals surface area contributed by atoms with Crippen LogP contribution in [0.3, 0.4) is 0 Å². The number of likely N-dealkylation sites (tertiary alicyclic amines) is 1. The molecule has 1 fully saturated rings. The molecule has 3 heterocycles. The number of rotatable bonds is 5. The molecular formula is C23H22FN5O2. The molecule has 158 valence electrons. The van der Waals surface area contributed by atoms with E-state index in [0.29, 0.717) is 34.7 Å². The second kappa shape index (κ2) is 7.96. The average Bonchev–Trinajstić information content (AvgIpc) is 3.42. The molecule has 1 atom stereocenters. The van der Waals surface area contributed by atoms with Gasteiger partial charge in [0.15, 0.2) is 0 Å². The van der Waals surface area contributed by atoms with E-state index in [0.717, 1.165) is 30.9 Å². The number of aromatic amines is 1. The predicted molar refractivity (Wildman–Crippen MR) is 116 cm³/mol. The molecule has 0 amide bonds. The fourth-order valence-corrected chi connectivity index (χ4v) is 3.95. The van der Waals surface area contributed by atoms with E-state index in [4.69, 9.17) is 4.74 Å². The Kier molecular flexibility index (Phi) is 4.99. The topological polar surface area (TPSA) is 76.0 Å². The van der Waals surface area contributed by atoms with Gasteiger partial charge in [-0.3, -0.25) is 4.79 Å². The Morgan fingerprint density at radius 1 is 1.19 bits per heavy atom. The molecule has 1 aliphatic heterocycles. The Balaban J connectivity index is 1.34. The van der Waals surface area contributed by atoms with Gasteiger partial charge in [0.1, 0.15) is 17.3 Å².